The second-order valence-corrected chi connectivity index (χ2v) is 8.12. The molecule has 1 aromatic carbocycles. The predicted molar refractivity (Wildman–Crippen MR) is 75.4 cm³/mol. The molecule has 1 aliphatic heterocycles. The van der Waals surface area contributed by atoms with Gasteiger partial charge in [0.1, 0.15) is 0 Å². The van der Waals surface area contributed by atoms with Crippen molar-refractivity contribution in [2.24, 2.45) is 5.16 Å². The first-order chi connectivity index (χ1) is 8.79. The third-order valence-corrected chi connectivity index (χ3v) is 5.73. The Morgan fingerprint density at radius 3 is 2.47 bits per heavy atom. The maximum absolute atomic E-state index is 12.6. The number of hydrogen-bond donors (Lipinski definition) is 1. The Hall–Kier alpha value is -1.56. The molecular weight excluding hydrogens is 264 g/mol. The molecule has 0 saturated carbocycles. The van der Waals surface area contributed by atoms with Crippen molar-refractivity contribution >= 4 is 21.4 Å². The molecule has 0 fully saturated rings. The number of oxime groups is 1. The predicted octanol–water partition coefficient (Wildman–Crippen LogP) is 2.20. The summed E-state index contributed by atoms with van der Waals surface area (Å²) >= 11 is 0. The zero-order valence-corrected chi connectivity index (χ0v) is 12.1. The van der Waals surface area contributed by atoms with Crippen molar-refractivity contribution in [3.05, 3.63) is 29.8 Å². The van der Waals surface area contributed by atoms with E-state index in [0.29, 0.717) is 29.9 Å². The molecule has 0 radical (unpaired) electrons. The van der Waals surface area contributed by atoms with Crippen molar-refractivity contribution in [2.75, 3.05) is 10.8 Å². The van der Waals surface area contributed by atoms with Gasteiger partial charge in [0.15, 0.2) is 0 Å². The smallest absolute Gasteiger partial charge is 0.240 e. The lowest BCUT2D eigenvalue weighted by Crippen LogP contribution is -2.46. The van der Waals surface area contributed by atoms with Gasteiger partial charge in [-0.2, -0.15) is 0 Å². The summed E-state index contributed by atoms with van der Waals surface area (Å²) in [5, 5.41) is 12.3. The fraction of sp³-hybridized carbons (Fsp3) is 0.462. The van der Waals surface area contributed by atoms with Crippen molar-refractivity contribution in [3.63, 3.8) is 0 Å². The Morgan fingerprint density at radius 2 is 1.89 bits per heavy atom. The van der Waals surface area contributed by atoms with Crippen LogP contribution in [0, 0.1) is 0 Å². The number of nitrogens with zero attached hydrogens (tertiary/aromatic N) is 2. The molecule has 0 saturated heterocycles. The minimum absolute atomic E-state index is 0.302. The number of sulfonamides is 1. The van der Waals surface area contributed by atoms with Gasteiger partial charge in [-0.3, -0.25) is 4.31 Å². The van der Waals surface area contributed by atoms with Crippen LogP contribution in [0.25, 0.3) is 0 Å². The minimum Gasteiger partial charge on any atom is -0.411 e. The highest BCUT2D eigenvalue weighted by atomic mass is 32.2. The van der Waals surface area contributed by atoms with Crippen LogP contribution in [0.3, 0.4) is 0 Å². The Kier molecular flexibility index (Phi) is 3.30. The summed E-state index contributed by atoms with van der Waals surface area (Å²) in [6.07, 6.45) is 0.406. The van der Waals surface area contributed by atoms with E-state index in [1.807, 2.05) is 0 Å². The van der Waals surface area contributed by atoms with E-state index < -0.39 is 14.8 Å². The van der Waals surface area contributed by atoms with Crippen molar-refractivity contribution in [2.45, 2.75) is 31.9 Å². The van der Waals surface area contributed by atoms with Gasteiger partial charge in [0, 0.05) is 18.5 Å². The molecule has 6 heteroatoms. The second-order valence-electron chi connectivity index (χ2n) is 5.50. The maximum atomic E-state index is 12.6. The Bertz CT molecular complexity index is 615. The fourth-order valence-electron chi connectivity index (χ4n) is 2.08. The summed E-state index contributed by atoms with van der Waals surface area (Å²) in [7, 11) is -3.45. The molecule has 1 N–H and O–H groups in total. The van der Waals surface area contributed by atoms with E-state index in [0.717, 1.165) is 0 Å². The fourth-order valence-corrected chi connectivity index (χ4v) is 3.49. The molecule has 0 unspecified atom stereocenters. The zero-order chi connectivity index (χ0) is 14.3. The van der Waals surface area contributed by atoms with Gasteiger partial charge in [0.05, 0.1) is 16.1 Å². The SMILES string of the molecule is CC(C)(C)S(=O)(=O)N1CCC(=NO)c2ccccc21. The summed E-state index contributed by atoms with van der Waals surface area (Å²) < 4.78 is 25.7. The van der Waals surface area contributed by atoms with Crippen LogP contribution in [-0.2, 0) is 10.0 Å². The average Bonchev–Trinajstić information content (AvgIpc) is 2.36. The molecular formula is C13H18N2O3S. The zero-order valence-electron chi connectivity index (χ0n) is 11.3. The summed E-state index contributed by atoms with van der Waals surface area (Å²) in [5.74, 6) is 0. The number of benzene rings is 1. The van der Waals surface area contributed by atoms with Crippen LogP contribution in [-0.4, -0.2) is 30.6 Å². The molecule has 0 bridgehead atoms. The monoisotopic (exact) mass is 282 g/mol. The molecule has 1 aliphatic rings. The van der Waals surface area contributed by atoms with Crippen LogP contribution in [0.5, 0.6) is 0 Å². The van der Waals surface area contributed by atoms with Crippen LogP contribution in [0.15, 0.2) is 29.4 Å². The van der Waals surface area contributed by atoms with E-state index in [9.17, 15) is 8.42 Å². The van der Waals surface area contributed by atoms with Gasteiger partial charge in [-0.1, -0.05) is 23.4 Å². The molecule has 1 heterocycles. The third kappa shape index (κ3) is 2.20. The Labute approximate surface area is 113 Å². The van der Waals surface area contributed by atoms with Crippen molar-refractivity contribution in [3.8, 4) is 0 Å². The molecule has 0 aliphatic carbocycles. The first-order valence-corrected chi connectivity index (χ1v) is 7.55. The topological polar surface area (TPSA) is 70.0 Å². The number of hydrogen-bond acceptors (Lipinski definition) is 4. The summed E-state index contributed by atoms with van der Waals surface area (Å²) in [6.45, 7) is 5.35. The molecule has 0 aromatic heterocycles. The van der Waals surface area contributed by atoms with E-state index in [4.69, 9.17) is 5.21 Å². The molecule has 0 spiro atoms. The van der Waals surface area contributed by atoms with Gasteiger partial charge in [-0.15, -0.1) is 0 Å². The quantitative estimate of drug-likeness (QED) is 0.634. The average molecular weight is 282 g/mol. The highest BCUT2D eigenvalue weighted by molar-refractivity contribution is 7.94. The Balaban J connectivity index is 2.59. The minimum atomic E-state index is -3.45. The largest absolute Gasteiger partial charge is 0.411 e. The molecule has 0 amide bonds. The normalized spacial score (nSPS) is 18.5. The molecule has 1 aromatic rings. The standard InChI is InChI=1S/C13H18N2O3S/c1-13(2,3)19(17,18)15-9-8-11(14-16)10-6-4-5-7-12(10)15/h4-7,16H,8-9H2,1-3H3. The lowest BCUT2D eigenvalue weighted by molar-refractivity contribution is 0.318. The summed E-state index contributed by atoms with van der Waals surface area (Å²) in [6, 6.07) is 7.10. The van der Waals surface area contributed by atoms with Crippen molar-refractivity contribution in [1.82, 2.24) is 0 Å². The number of para-hydroxylation sites is 1. The Morgan fingerprint density at radius 1 is 1.26 bits per heavy atom. The van der Waals surface area contributed by atoms with E-state index in [1.54, 1.807) is 45.0 Å². The maximum Gasteiger partial charge on any atom is 0.240 e. The van der Waals surface area contributed by atoms with E-state index >= 15 is 0 Å². The van der Waals surface area contributed by atoms with Gasteiger partial charge in [0.25, 0.3) is 0 Å². The lowest BCUT2D eigenvalue weighted by atomic mass is 10.0. The number of rotatable bonds is 1. The lowest BCUT2D eigenvalue weighted by Gasteiger charge is -2.35. The van der Waals surface area contributed by atoms with Crippen LogP contribution in [0.4, 0.5) is 5.69 Å². The van der Waals surface area contributed by atoms with Gasteiger partial charge in [-0.05, 0) is 26.8 Å². The van der Waals surface area contributed by atoms with Crippen molar-refractivity contribution < 1.29 is 13.6 Å². The van der Waals surface area contributed by atoms with E-state index in [-0.39, 0.29) is 0 Å². The molecule has 0 atom stereocenters. The van der Waals surface area contributed by atoms with Crippen molar-refractivity contribution in [1.29, 1.82) is 0 Å². The number of fused-ring (bicyclic) bond motifs is 1. The highest BCUT2D eigenvalue weighted by Crippen LogP contribution is 2.33. The first kappa shape index (κ1) is 13.9. The van der Waals surface area contributed by atoms with Crippen LogP contribution in [0.2, 0.25) is 0 Å². The molecule has 104 valence electrons. The summed E-state index contributed by atoms with van der Waals surface area (Å²) in [4.78, 5) is 0. The summed E-state index contributed by atoms with van der Waals surface area (Å²) in [5.41, 5.74) is 1.77. The highest BCUT2D eigenvalue weighted by Gasteiger charge is 2.38. The van der Waals surface area contributed by atoms with Gasteiger partial charge in [0.2, 0.25) is 10.0 Å². The van der Waals surface area contributed by atoms with E-state index in [2.05, 4.69) is 5.16 Å². The molecule has 2 rings (SSSR count). The number of anilines is 1. The second kappa shape index (κ2) is 4.52. The van der Waals surface area contributed by atoms with Crippen LogP contribution in [0.1, 0.15) is 32.8 Å². The van der Waals surface area contributed by atoms with Gasteiger partial charge in [-0.25, -0.2) is 8.42 Å². The molecule has 5 nitrogen and oxygen atoms in total. The third-order valence-electron chi connectivity index (χ3n) is 3.22. The van der Waals surface area contributed by atoms with E-state index in [1.165, 1.54) is 4.31 Å². The molecule has 19 heavy (non-hydrogen) atoms. The van der Waals surface area contributed by atoms with Crippen LogP contribution >= 0.6 is 0 Å². The van der Waals surface area contributed by atoms with Crippen LogP contribution < -0.4 is 4.31 Å². The first-order valence-electron chi connectivity index (χ1n) is 6.11. The van der Waals surface area contributed by atoms with Gasteiger partial charge >= 0.3 is 0 Å². The van der Waals surface area contributed by atoms with Gasteiger partial charge < -0.3 is 5.21 Å².